The van der Waals surface area contributed by atoms with Gasteiger partial charge in [-0.05, 0) is 35.0 Å². The summed E-state index contributed by atoms with van der Waals surface area (Å²) < 4.78 is 0.947. The van der Waals surface area contributed by atoms with Crippen LogP contribution in [0.5, 0.6) is 0 Å². The number of nitrogens with zero attached hydrogens (tertiary/aromatic N) is 1. The van der Waals surface area contributed by atoms with E-state index >= 15 is 0 Å². The number of hydrogen-bond acceptors (Lipinski definition) is 4. The van der Waals surface area contributed by atoms with E-state index in [1.807, 2.05) is 11.8 Å². The van der Waals surface area contributed by atoms with Crippen molar-refractivity contribution in [2.45, 2.75) is 37.0 Å². The number of anilines is 2. The van der Waals surface area contributed by atoms with E-state index in [4.69, 9.17) is 5.73 Å². The summed E-state index contributed by atoms with van der Waals surface area (Å²) in [6.07, 6.45) is 10.8. The fourth-order valence-corrected chi connectivity index (χ4v) is 3.73. The third-order valence-corrected chi connectivity index (χ3v) is 5.04. The monoisotopic (exact) mass is 315 g/mol. The van der Waals surface area contributed by atoms with Gasteiger partial charge in [-0.3, -0.25) is 4.98 Å². The van der Waals surface area contributed by atoms with Gasteiger partial charge in [-0.25, -0.2) is 0 Å². The topological polar surface area (TPSA) is 50.9 Å². The van der Waals surface area contributed by atoms with E-state index in [0.717, 1.165) is 10.2 Å². The molecule has 17 heavy (non-hydrogen) atoms. The quantitative estimate of drug-likeness (QED) is 0.896. The molecule has 0 aliphatic heterocycles. The van der Waals surface area contributed by atoms with Gasteiger partial charge in [0.15, 0.2) is 0 Å². The van der Waals surface area contributed by atoms with E-state index in [2.05, 4.69) is 32.5 Å². The van der Waals surface area contributed by atoms with E-state index < -0.39 is 0 Å². The van der Waals surface area contributed by atoms with Crippen molar-refractivity contribution in [1.82, 2.24) is 4.98 Å². The zero-order chi connectivity index (χ0) is 12.3. The smallest absolute Gasteiger partial charge is 0.0752 e. The van der Waals surface area contributed by atoms with Crippen molar-refractivity contribution < 1.29 is 0 Å². The number of nitrogen functional groups attached to an aromatic ring is 1. The normalized spacial score (nSPS) is 24.6. The van der Waals surface area contributed by atoms with Crippen molar-refractivity contribution in [2.24, 2.45) is 0 Å². The molecule has 0 spiro atoms. The molecule has 3 N–H and O–H groups in total. The summed E-state index contributed by atoms with van der Waals surface area (Å²) in [7, 11) is 0. The number of thioether (sulfide) groups is 1. The molecule has 3 nitrogen and oxygen atoms in total. The molecule has 1 aromatic rings. The van der Waals surface area contributed by atoms with Gasteiger partial charge in [0.25, 0.3) is 0 Å². The summed E-state index contributed by atoms with van der Waals surface area (Å²) in [6.45, 7) is 0. The van der Waals surface area contributed by atoms with Crippen LogP contribution in [0.3, 0.4) is 0 Å². The first-order valence-electron chi connectivity index (χ1n) is 5.90. The molecule has 1 fully saturated rings. The van der Waals surface area contributed by atoms with Crippen LogP contribution in [0.4, 0.5) is 11.4 Å². The minimum absolute atomic E-state index is 0.514. The van der Waals surface area contributed by atoms with E-state index in [1.165, 1.54) is 25.7 Å². The van der Waals surface area contributed by atoms with Crippen LogP contribution < -0.4 is 11.1 Å². The third-order valence-electron chi connectivity index (χ3n) is 3.26. The van der Waals surface area contributed by atoms with Gasteiger partial charge in [0.05, 0.1) is 22.0 Å². The molecule has 1 saturated carbocycles. The van der Waals surface area contributed by atoms with E-state index in [-0.39, 0.29) is 0 Å². The summed E-state index contributed by atoms with van der Waals surface area (Å²) in [5, 5.41) is 4.27. The molecule has 0 radical (unpaired) electrons. The lowest BCUT2D eigenvalue weighted by Gasteiger charge is -2.32. The van der Waals surface area contributed by atoms with E-state index in [0.29, 0.717) is 17.0 Å². The Hall–Kier alpha value is -0.420. The summed E-state index contributed by atoms with van der Waals surface area (Å²) in [5.41, 5.74) is 7.67. The van der Waals surface area contributed by atoms with Crippen LogP contribution in [0.2, 0.25) is 0 Å². The number of halogens is 1. The molecule has 2 unspecified atom stereocenters. The van der Waals surface area contributed by atoms with Crippen LogP contribution in [-0.2, 0) is 0 Å². The lowest BCUT2D eigenvalue weighted by atomic mass is 9.94. The van der Waals surface area contributed by atoms with E-state index in [9.17, 15) is 0 Å². The third kappa shape index (κ3) is 3.07. The number of pyridine rings is 1. The molecular formula is C12H18BrN3S. The van der Waals surface area contributed by atoms with Crippen molar-refractivity contribution in [2.75, 3.05) is 17.3 Å². The van der Waals surface area contributed by atoms with Crippen LogP contribution >= 0.6 is 27.7 Å². The lowest BCUT2D eigenvalue weighted by molar-refractivity contribution is 0.475. The molecule has 2 atom stereocenters. The summed E-state index contributed by atoms with van der Waals surface area (Å²) >= 11 is 5.45. The Morgan fingerprint density at radius 2 is 2.18 bits per heavy atom. The SMILES string of the molecule is CSC1CCCCC1Nc1c(N)cncc1Br. The molecule has 0 amide bonds. The van der Waals surface area contributed by atoms with Crippen molar-refractivity contribution in [1.29, 1.82) is 0 Å². The molecule has 0 aromatic carbocycles. The van der Waals surface area contributed by atoms with Gasteiger partial charge in [0.2, 0.25) is 0 Å². The second kappa shape index (κ2) is 5.96. The van der Waals surface area contributed by atoms with Gasteiger partial charge in [-0.1, -0.05) is 12.8 Å². The van der Waals surface area contributed by atoms with Crippen molar-refractivity contribution in [3.05, 3.63) is 16.9 Å². The Morgan fingerprint density at radius 3 is 2.88 bits per heavy atom. The first-order valence-corrected chi connectivity index (χ1v) is 7.98. The first-order chi connectivity index (χ1) is 8.22. The van der Waals surface area contributed by atoms with Gasteiger partial charge >= 0.3 is 0 Å². The average Bonchev–Trinajstić information content (AvgIpc) is 2.34. The molecule has 1 aliphatic rings. The standard InChI is InChI=1S/C12H18BrN3S/c1-17-11-5-3-2-4-10(11)16-12-8(13)6-15-7-9(12)14/h6-7,10-11H,2-5,14H2,1H3,(H,15,16). The minimum Gasteiger partial charge on any atom is -0.396 e. The number of hydrogen-bond donors (Lipinski definition) is 2. The van der Waals surface area contributed by atoms with Crippen molar-refractivity contribution in [3.63, 3.8) is 0 Å². The highest BCUT2D eigenvalue weighted by atomic mass is 79.9. The average molecular weight is 316 g/mol. The lowest BCUT2D eigenvalue weighted by Crippen LogP contribution is -2.34. The maximum Gasteiger partial charge on any atom is 0.0752 e. The van der Waals surface area contributed by atoms with Gasteiger partial charge in [0, 0.05) is 17.5 Å². The molecule has 1 aliphatic carbocycles. The van der Waals surface area contributed by atoms with Gasteiger partial charge in [-0.15, -0.1) is 0 Å². The molecule has 94 valence electrons. The second-order valence-corrected chi connectivity index (χ2v) is 6.33. The number of nitrogens with one attached hydrogen (secondary N) is 1. The van der Waals surface area contributed by atoms with E-state index in [1.54, 1.807) is 12.4 Å². The highest BCUT2D eigenvalue weighted by molar-refractivity contribution is 9.10. The number of nitrogens with two attached hydrogens (primary N) is 1. The molecule has 1 heterocycles. The largest absolute Gasteiger partial charge is 0.396 e. The summed E-state index contributed by atoms with van der Waals surface area (Å²) in [4.78, 5) is 4.06. The van der Waals surface area contributed by atoms with Crippen LogP contribution in [0, 0.1) is 0 Å². The summed E-state index contributed by atoms with van der Waals surface area (Å²) in [6, 6.07) is 0.514. The van der Waals surface area contributed by atoms with Gasteiger partial charge in [0.1, 0.15) is 0 Å². The van der Waals surface area contributed by atoms with Crippen LogP contribution in [0.25, 0.3) is 0 Å². The fourth-order valence-electron chi connectivity index (χ4n) is 2.33. The Kier molecular flexibility index (Phi) is 4.56. The first kappa shape index (κ1) is 13.0. The molecule has 2 rings (SSSR count). The van der Waals surface area contributed by atoms with Crippen molar-refractivity contribution in [3.8, 4) is 0 Å². The molecule has 5 heteroatoms. The summed E-state index contributed by atoms with van der Waals surface area (Å²) in [5.74, 6) is 0. The van der Waals surface area contributed by atoms with Crippen LogP contribution in [0.1, 0.15) is 25.7 Å². The number of aromatic nitrogens is 1. The molecular weight excluding hydrogens is 298 g/mol. The van der Waals surface area contributed by atoms with Crippen LogP contribution in [-0.4, -0.2) is 22.5 Å². The molecule has 0 bridgehead atoms. The number of rotatable bonds is 3. The second-order valence-electron chi connectivity index (χ2n) is 4.39. The molecule has 0 saturated heterocycles. The minimum atomic E-state index is 0.514. The Bertz CT molecular complexity index is 366. The fraction of sp³-hybridized carbons (Fsp3) is 0.583. The highest BCUT2D eigenvalue weighted by Crippen LogP contribution is 2.33. The highest BCUT2D eigenvalue weighted by Gasteiger charge is 2.25. The Labute approximate surface area is 115 Å². The van der Waals surface area contributed by atoms with Crippen LogP contribution in [0.15, 0.2) is 16.9 Å². The van der Waals surface area contributed by atoms with Crippen molar-refractivity contribution >= 4 is 39.1 Å². The maximum atomic E-state index is 5.96. The zero-order valence-corrected chi connectivity index (χ0v) is 12.4. The van der Waals surface area contributed by atoms with Gasteiger partial charge in [-0.2, -0.15) is 11.8 Å². The predicted octanol–water partition coefficient (Wildman–Crippen LogP) is 3.51. The zero-order valence-electron chi connectivity index (χ0n) is 9.95. The maximum absolute atomic E-state index is 5.96. The Morgan fingerprint density at radius 1 is 1.41 bits per heavy atom. The van der Waals surface area contributed by atoms with Gasteiger partial charge < -0.3 is 11.1 Å². The Balaban J connectivity index is 2.13. The molecule has 1 aromatic heterocycles. The predicted molar refractivity (Wildman–Crippen MR) is 79.5 cm³/mol.